The highest BCUT2D eigenvalue weighted by Gasteiger charge is 2.24. The number of rotatable bonds is 4. The average Bonchev–Trinajstić information content (AvgIpc) is 3.29. The highest BCUT2D eigenvalue weighted by atomic mass is 35.5. The Hall–Kier alpha value is -3.02. The summed E-state index contributed by atoms with van der Waals surface area (Å²) in [6.07, 6.45) is 1.71. The highest BCUT2D eigenvalue weighted by molar-refractivity contribution is 5.85. The van der Waals surface area contributed by atoms with Gasteiger partial charge in [0.25, 0.3) is 5.89 Å². The van der Waals surface area contributed by atoms with Crippen LogP contribution in [0.3, 0.4) is 0 Å². The number of hydrogen-bond acceptors (Lipinski definition) is 6. The first kappa shape index (κ1) is 19.7. The summed E-state index contributed by atoms with van der Waals surface area (Å²) in [6.45, 7) is -3.01. The summed E-state index contributed by atoms with van der Waals surface area (Å²) in [7, 11) is 0. The molecule has 0 saturated carbocycles. The van der Waals surface area contributed by atoms with E-state index in [-0.39, 0.29) is 35.7 Å². The summed E-state index contributed by atoms with van der Waals surface area (Å²) < 4.78 is 34.5. The lowest BCUT2D eigenvalue weighted by Gasteiger charge is -2.07. The fourth-order valence-corrected chi connectivity index (χ4v) is 3.30. The van der Waals surface area contributed by atoms with Crippen LogP contribution in [0.2, 0.25) is 0 Å². The molecule has 0 saturated heterocycles. The summed E-state index contributed by atoms with van der Waals surface area (Å²) in [5.74, 6) is 0.401. The van der Waals surface area contributed by atoms with Crippen LogP contribution in [-0.4, -0.2) is 16.8 Å². The molecule has 0 aliphatic heterocycles. The zero-order valence-electron chi connectivity index (χ0n) is 14.4. The lowest BCUT2D eigenvalue weighted by atomic mass is 10.0. The Morgan fingerprint density at radius 1 is 1.29 bits per heavy atom. The number of hydrogen-bond donors (Lipinski definition) is 1. The van der Waals surface area contributed by atoms with E-state index in [1.807, 2.05) is 24.3 Å². The van der Waals surface area contributed by atoms with Crippen LogP contribution in [0.15, 0.2) is 40.9 Å². The van der Waals surface area contributed by atoms with Gasteiger partial charge in [0, 0.05) is 17.2 Å². The van der Waals surface area contributed by atoms with Crippen LogP contribution >= 0.6 is 12.4 Å². The monoisotopic (exact) mass is 404 g/mol. The maximum absolute atomic E-state index is 12.4. The maximum atomic E-state index is 12.4. The van der Waals surface area contributed by atoms with Crippen molar-refractivity contribution in [1.29, 1.82) is 5.26 Å². The molecule has 0 unspecified atom stereocenters. The van der Waals surface area contributed by atoms with Crippen LogP contribution in [0.25, 0.3) is 22.8 Å². The van der Waals surface area contributed by atoms with Crippen molar-refractivity contribution in [1.82, 2.24) is 10.1 Å². The zero-order valence-corrected chi connectivity index (χ0v) is 15.2. The van der Waals surface area contributed by atoms with E-state index in [0.29, 0.717) is 11.4 Å². The number of nitriles is 1. The molecule has 28 heavy (non-hydrogen) atoms. The predicted molar refractivity (Wildman–Crippen MR) is 99.0 cm³/mol. The van der Waals surface area contributed by atoms with E-state index in [2.05, 4.69) is 14.9 Å². The van der Waals surface area contributed by atoms with E-state index in [1.165, 1.54) is 18.2 Å². The molecule has 0 amide bonds. The Bertz CT molecular complexity index is 1050. The van der Waals surface area contributed by atoms with E-state index >= 15 is 0 Å². The Morgan fingerprint density at radius 2 is 2.11 bits per heavy atom. The maximum Gasteiger partial charge on any atom is 0.387 e. The quantitative estimate of drug-likeness (QED) is 0.698. The van der Waals surface area contributed by atoms with E-state index in [4.69, 9.17) is 15.5 Å². The van der Waals surface area contributed by atoms with Gasteiger partial charge < -0.3 is 15.0 Å². The van der Waals surface area contributed by atoms with Crippen molar-refractivity contribution in [2.45, 2.75) is 25.5 Å². The second kappa shape index (κ2) is 7.92. The lowest BCUT2D eigenvalue weighted by molar-refractivity contribution is -0.0500. The van der Waals surface area contributed by atoms with Gasteiger partial charge in [0.05, 0.1) is 5.56 Å². The number of alkyl halides is 2. The summed E-state index contributed by atoms with van der Waals surface area (Å²) in [5.41, 5.74) is 9.55. The van der Waals surface area contributed by atoms with E-state index in [1.54, 1.807) is 0 Å². The summed E-state index contributed by atoms with van der Waals surface area (Å²) in [6, 6.07) is 11.8. The molecule has 0 spiro atoms. The van der Waals surface area contributed by atoms with E-state index in [0.717, 1.165) is 29.5 Å². The number of fused-ring (bicyclic) bond motifs is 1. The average molecular weight is 405 g/mol. The topological polar surface area (TPSA) is 98.0 Å². The van der Waals surface area contributed by atoms with Gasteiger partial charge in [-0.15, -0.1) is 12.4 Å². The molecule has 2 aromatic carbocycles. The molecule has 1 aliphatic rings. The molecule has 0 fully saturated rings. The Morgan fingerprint density at radius 3 is 2.86 bits per heavy atom. The van der Waals surface area contributed by atoms with E-state index in [9.17, 15) is 8.78 Å². The molecule has 0 bridgehead atoms. The molecule has 3 aromatic rings. The smallest absolute Gasteiger partial charge is 0.387 e. The molecule has 9 heteroatoms. The Balaban J connectivity index is 0.00000225. The number of halogens is 3. The summed E-state index contributed by atoms with van der Waals surface area (Å²) >= 11 is 0. The first-order valence-corrected chi connectivity index (χ1v) is 8.27. The second-order valence-corrected chi connectivity index (χ2v) is 6.14. The van der Waals surface area contributed by atoms with Gasteiger partial charge in [0.15, 0.2) is 0 Å². The van der Waals surface area contributed by atoms with E-state index < -0.39 is 6.61 Å². The third-order valence-electron chi connectivity index (χ3n) is 4.55. The second-order valence-electron chi connectivity index (χ2n) is 6.14. The molecule has 1 aliphatic carbocycles. The molecule has 1 aromatic heterocycles. The SMILES string of the molecule is Cl.N#Cc1cc(-c2nc(-c3cccc4c3CC[C@@H]4N)no2)ccc1OC(F)F. The number of aromatic nitrogens is 2. The van der Waals surface area contributed by atoms with Gasteiger partial charge in [0.1, 0.15) is 11.8 Å². The number of benzene rings is 2. The minimum absolute atomic E-state index is 0. The van der Waals surface area contributed by atoms with Crippen molar-refractivity contribution in [3.8, 4) is 34.7 Å². The van der Waals surface area contributed by atoms with Gasteiger partial charge in [-0.25, -0.2) is 0 Å². The third kappa shape index (κ3) is 3.54. The van der Waals surface area contributed by atoms with Crippen LogP contribution < -0.4 is 10.5 Å². The molecule has 1 heterocycles. The highest BCUT2D eigenvalue weighted by Crippen LogP contribution is 2.36. The predicted octanol–water partition coefficient (Wildman–Crippen LogP) is 4.24. The normalized spacial score (nSPS) is 15.0. The summed E-state index contributed by atoms with van der Waals surface area (Å²) in [5, 5.41) is 13.2. The first-order valence-electron chi connectivity index (χ1n) is 8.27. The molecular weight excluding hydrogens is 390 g/mol. The van der Waals surface area contributed by atoms with Gasteiger partial charge in [-0.1, -0.05) is 23.4 Å². The molecule has 144 valence electrons. The Labute approximate surface area is 165 Å². The van der Waals surface area contributed by atoms with Crippen molar-refractivity contribution in [2.75, 3.05) is 0 Å². The number of nitrogens with zero attached hydrogens (tertiary/aromatic N) is 3. The fraction of sp³-hybridized carbons (Fsp3) is 0.211. The van der Waals surface area contributed by atoms with Crippen molar-refractivity contribution in [2.24, 2.45) is 5.73 Å². The lowest BCUT2D eigenvalue weighted by Crippen LogP contribution is -2.05. The molecule has 4 rings (SSSR count). The van der Waals surface area contributed by atoms with Gasteiger partial charge >= 0.3 is 6.61 Å². The molecule has 0 radical (unpaired) electrons. The van der Waals surface area contributed by atoms with Crippen LogP contribution in [0, 0.1) is 11.3 Å². The van der Waals surface area contributed by atoms with Gasteiger partial charge in [0.2, 0.25) is 5.82 Å². The van der Waals surface area contributed by atoms with Crippen molar-refractivity contribution < 1.29 is 18.0 Å². The van der Waals surface area contributed by atoms with Gasteiger partial charge in [-0.2, -0.15) is 19.0 Å². The molecular formula is C19H15ClF2N4O2. The molecule has 6 nitrogen and oxygen atoms in total. The van der Waals surface area contributed by atoms with Crippen LogP contribution in [0.5, 0.6) is 5.75 Å². The van der Waals surface area contributed by atoms with Crippen LogP contribution in [0.1, 0.15) is 29.2 Å². The standard InChI is InChI=1S/C19H14F2N4O2.ClH/c20-19(21)26-16-7-4-10(8-11(16)9-22)18-24-17(25-27-18)14-3-1-2-13-12(14)5-6-15(13)23;/h1-4,7-8,15,19H,5-6,23H2;1H/t15-;/m0./s1. The third-order valence-corrected chi connectivity index (χ3v) is 4.55. The summed E-state index contributed by atoms with van der Waals surface area (Å²) in [4.78, 5) is 4.40. The van der Waals surface area contributed by atoms with Crippen molar-refractivity contribution in [3.05, 3.63) is 53.1 Å². The van der Waals surface area contributed by atoms with Gasteiger partial charge in [-0.05, 0) is 42.2 Å². The largest absolute Gasteiger partial charge is 0.433 e. The minimum atomic E-state index is -3.01. The van der Waals surface area contributed by atoms with Gasteiger partial charge in [-0.3, -0.25) is 0 Å². The fourth-order valence-electron chi connectivity index (χ4n) is 3.30. The minimum Gasteiger partial charge on any atom is -0.433 e. The Kier molecular flexibility index (Phi) is 5.58. The first-order chi connectivity index (χ1) is 13.1. The van der Waals surface area contributed by atoms with Crippen LogP contribution in [-0.2, 0) is 6.42 Å². The molecule has 2 N–H and O–H groups in total. The van der Waals surface area contributed by atoms with Crippen molar-refractivity contribution in [3.63, 3.8) is 0 Å². The van der Waals surface area contributed by atoms with Crippen LogP contribution in [0.4, 0.5) is 8.78 Å². The number of ether oxygens (including phenoxy) is 1. The zero-order chi connectivity index (χ0) is 19.0. The van der Waals surface area contributed by atoms with Crippen molar-refractivity contribution >= 4 is 12.4 Å². The molecule has 1 atom stereocenters. The number of nitrogens with two attached hydrogens (primary N) is 1.